The van der Waals surface area contributed by atoms with Crippen molar-refractivity contribution in [3.63, 3.8) is 0 Å². The molecule has 0 aliphatic carbocycles. The maximum Gasteiger partial charge on any atom is 0.262 e. The van der Waals surface area contributed by atoms with E-state index in [4.69, 9.17) is 0 Å². The molecular formula is C23H32N4O3S. The first-order valence-corrected chi connectivity index (χ1v) is 12.6. The van der Waals surface area contributed by atoms with Crippen LogP contribution in [0.1, 0.15) is 44.6 Å². The number of rotatable bonds is 5. The number of piperidine rings is 1. The van der Waals surface area contributed by atoms with Crippen LogP contribution in [-0.2, 0) is 28.4 Å². The first-order chi connectivity index (χ1) is 14.8. The second kappa shape index (κ2) is 8.74. The van der Waals surface area contributed by atoms with Gasteiger partial charge in [0.1, 0.15) is 0 Å². The van der Waals surface area contributed by atoms with Crippen molar-refractivity contribution in [2.24, 2.45) is 18.4 Å². The van der Waals surface area contributed by atoms with Crippen molar-refractivity contribution in [1.82, 2.24) is 18.8 Å². The summed E-state index contributed by atoms with van der Waals surface area (Å²) in [6, 6.07) is 10.1. The topological polar surface area (TPSA) is 75.5 Å². The van der Waals surface area contributed by atoms with Crippen LogP contribution in [0.15, 0.2) is 47.9 Å². The highest BCUT2D eigenvalue weighted by molar-refractivity contribution is 7.89. The van der Waals surface area contributed by atoms with E-state index in [1.807, 2.05) is 23.1 Å². The minimum absolute atomic E-state index is 0.0965. The third-order valence-corrected chi connectivity index (χ3v) is 8.79. The summed E-state index contributed by atoms with van der Waals surface area (Å²) in [5.41, 5.74) is 0.711. The van der Waals surface area contributed by atoms with Gasteiger partial charge in [-0.1, -0.05) is 43.7 Å². The normalized spacial score (nSPS) is 24.3. The molecule has 2 aromatic rings. The van der Waals surface area contributed by atoms with Gasteiger partial charge in [0, 0.05) is 44.8 Å². The summed E-state index contributed by atoms with van der Waals surface area (Å²) in [6.07, 6.45) is 7.36. The summed E-state index contributed by atoms with van der Waals surface area (Å²) in [4.78, 5) is 19.7. The molecule has 4 rings (SSSR count). The maximum atomic E-state index is 13.7. The first kappa shape index (κ1) is 22.0. The number of aryl methyl sites for hydroxylation is 1. The van der Waals surface area contributed by atoms with E-state index in [1.165, 1.54) is 10.6 Å². The van der Waals surface area contributed by atoms with Crippen molar-refractivity contribution in [3.8, 4) is 0 Å². The van der Waals surface area contributed by atoms with Crippen molar-refractivity contribution >= 4 is 15.9 Å². The summed E-state index contributed by atoms with van der Waals surface area (Å²) in [5, 5.41) is 0.0965. The van der Waals surface area contributed by atoms with E-state index in [0.29, 0.717) is 32.5 Å². The largest absolute Gasteiger partial charge is 0.339 e. The molecule has 1 amide bonds. The summed E-state index contributed by atoms with van der Waals surface area (Å²) in [7, 11) is -1.82. The number of carbonyl (C=O) groups is 1. The maximum absolute atomic E-state index is 13.7. The van der Waals surface area contributed by atoms with E-state index in [9.17, 15) is 13.2 Å². The third-order valence-electron chi connectivity index (χ3n) is 7.01. The SMILES string of the molecule is Cn1cnc(S(=O)(=O)N2CCC(C3(C)CCCCN(Cc4ccccc4)C3=O)CC2)c1. The number of aromatic nitrogens is 2. The van der Waals surface area contributed by atoms with E-state index < -0.39 is 15.4 Å². The lowest BCUT2D eigenvalue weighted by Crippen LogP contribution is -2.49. The summed E-state index contributed by atoms with van der Waals surface area (Å²) in [6.45, 7) is 4.40. The zero-order valence-electron chi connectivity index (χ0n) is 18.4. The van der Waals surface area contributed by atoms with Gasteiger partial charge in [-0.3, -0.25) is 4.79 Å². The van der Waals surface area contributed by atoms with E-state index >= 15 is 0 Å². The van der Waals surface area contributed by atoms with Gasteiger partial charge in [0.25, 0.3) is 10.0 Å². The number of hydrogen-bond acceptors (Lipinski definition) is 4. The first-order valence-electron chi connectivity index (χ1n) is 11.1. The zero-order chi connectivity index (χ0) is 22.1. The van der Waals surface area contributed by atoms with Gasteiger partial charge in [-0.05, 0) is 37.2 Å². The fraction of sp³-hybridized carbons (Fsp3) is 0.565. The van der Waals surface area contributed by atoms with Gasteiger partial charge in [-0.2, -0.15) is 4.31 Å². The fourth-order valence-electron chi connectivity index (χ4n) is 5.09. The lowest BCUT2D eigenvalue weighted by atomic mass is 9.69. The molecule has 31 heavy (non-hydrogen) atoms. The molecule has 1 aromatic heterocycles. The number of hydrogen-bond donors (Lipinski definition) is 0. The van der Waals surface area contributed by atoms with Crippen LogP contribution in [0.2, 0.25) is 0 Å². The highest BCUT2D eigenvalue weighted by Crippen LogP contribution is 2.43. The fourth-order valence-corrected chi connectivity index (χ4v) is 6.52. The van der Waals surface area contributed by atoms with Gasteiger partial charge in [0.15, 0.2) is 5.03 Å². The molecular weight excluding hydrogens is 412 g/mol. The Morgan fingerprint density at radius 3 is 2.45 bits per heavy atom. The minimum atomic E-state index is -3.58. The minimum Gasteiger partial charge on any atom is -0.339 e. The monoisotopic (exact) mass is 444 g/mol. The lowest BCUT2D eigenvalue weighted by Gasteiger charge is -2.42. The quantitative estimate of drug-likeness (QED) is 0.710. The number of sulfonamides is 1. The number of carbonyl (C=O) groups excluding carboxylic acids is 1. The number of nitrogens with zero attached hydrogens (tertiary/aromatic N) is 4. The Hall–Kier alpha value is -2.19. The number of imidazole rings is 1. The Balaban J connectivity index is 1.46. The highest BCUT2D eigenvalue weighted by Gasteiger charge is 2.46. The Morgan fingerprint density at radius 2 is 1.81 bits per heavy atom. The van der Waals surface area contributed by atoms with Gasteiger partial charge >= 0.3 is 0 Å². The van der Waals surface area contributed by atoms with Crippen LogP contribution in [0.25, 0.3) is 0 Å². The predicted octanol–water partition coefficient (Wildman–Crippen LogP) is 3.04. The molecule has 3 heterocycles. The molecule has 0 saturated carbocycles. The summed E-state index contributed by atoms with van der Waals surface area (Å²) in [5.74, 6) is 0.409. The second-order valence-corrected chi connectivity index (χ2v) is 11.0. The van der Waals surface area contributed by atoms with E-state index in [-0.39, 0.29) is 16.9 Å². The van der Waals surface area contributed by atoms with E-state index in [1.54, 1.807) is 17.8 Å². The van der Waals surface area contributed by atoms with Crippen LogP contribution in [0.3, 0.4) is 0 Å². The molecule has 2 saturated heterocycles. The predicted molar refractivity (Wildman–Crippen MR) is 119 cm³/mol. The average Bonchev–Trinajstić information content (AvgIpc) is 3.17. The molecule has 2 fully saturated rings. The molecule has 0 bridgehead atoms. The van der Waals surface area contributed by atoms with Crippen LogP contribution in [-0.4, -0.2) is 52.7 Å². The molecule has 0 N–H and O–H groups in total. The number of amides is 1. The second-order valence-electron chi connectivity index (χ2n) is 9.14. The number of benzene rings is 1. The lowest BCUT2D eigenvalue weighted by molar-refractivity contribution is -0.145. The van der Waals surface area contributed by atoms with Gasteiger partial charge in [-0.15, -0.1) is 0 Å². The Bertz CT molecular complexity index is 1010. The van der Waals surface area contributed by atoms with Gasteiger partial charge in [0.2, 0.25) is 5.91 Å². The summed E-state index contributed by atoms with van der Waals surface area (Å²) < 4.78 is 29.0. The van der Waals surface area contributed by atoms with Crippen LogP contribution < -0.4 is 0 Å². The van der Waals surface area contributed by atoms with Gasteiger partial charge < -0.3 is 9.47 Å². The molecule has 2 aliphatic rings. The number of likely N-dealkylation sites (tertiary alicyclic amines) is 1. The molecule has 168 valence electrons. The average molecular weight is 445 g/mol. The molecule has 7 nitrogen and oxygen atoms in total. The Kier molecular flexibility index (Phi) is 6.21. The van der Waals surface area contributed by atoms with Gasteiger partial charge in [-0.25, -0.2) is 13.4 Å². The standard InChI is InChI=1S/C23H32N4O3S/c1-23(12-6-7-13-26(22(23)28)16-19-8-4-3-5-9-19)20-10-14-27(15-11-20)31(29,30)21-17-25(2)18-24-21/h3-5,8-9,17-18,20H,6-7,10-16H2,1-2H3. The van der Waals surface area contributed by atoms with E-state index in [0.717, 1.165) is 31.4 Å². The molecule has 8 heteroatoms. The molecule has 1 atom stereocenters. The molecule has 0 spiro atoms. The van der Waals surface area contributed by atoms with Crippen LogP contribution in [0.4, 0.5) is 0 Å². The Morgan fingerprint density at radius 1 is 1.10 bits per heavy atom. The molecule has 1 unspecified atom stereocenters. The highest BCUT2D eigenvalue weighted by atomic mass is 32.2. The van der Waals surface area contributed by atoms with Gasteiger partial charge in [0.05, 0.1) is 6.33 Å². The van der Waals surface area contributed by atoms with Crippen molar-refractivity contribution in [3.05, 3.63) is 48.4 Å². The van der Waals surface area contributed by atoms with Crippen LogP contribution >= 0.6 is 0 Å². The smallest absolute Gasteiger partial charge is 0.262 e. The zero-order valence-corrected chi connectivity index (χ0v) is 19.2. The van der Waals surface area contributed by atoms with Crippen LogP contribution in [0.5, 0.6) is 0 Å². The Labute approximate surface area is 185 Å². The van der Waals surface area contributed by atoms with Crippen molar-refractivity contribution in [2.75, 3.05) is 19.6 Å². The molecule has 2 aliphatic heterocycles. The van der Waals surface area contributed by atoms with Crippen molar-refractivity contribution in [1.29, 1.82) is 0 Å². The third kappa shape index (κ3) is 4.41. The van der Waals surface area contributed by atoms with E-state index in [2.05, 4.69) is 24.0 Å². The van der Waals surface area contributed by atoms with Crippen LogP contribution in [0, 0.1) is 11.3 Å². The molecule has 1 aromatic carbocycles. The van der Waals surface area contributed by atoms with Crippen molar-refractivity contribution < 1.29 is 13.2 Å². The van der Waals surface area contributed by atoms with Crippen molar-refractivity contribution in [2.45, 2.75) is 50.6 Å². The summed E-state index contributed by atoms with van der Waals surface area (Å²) >= 11 is 0. The molecule has 0 radical (unpaired) electrons.